The van der Waals surface area contributed by atoms with Gasteiger partial charge in [0, 0.05) is 22.6 Å². The predicted octanol–water partition coefficient (Wildman–Crippen LogP) is 3.47. The lowest BCUT2D eigenvalue weighted by atomic mass is 10.0. The fourth-order valence-corrected chi connectivity index (χ4v) is 1.79. The minimum Gasteiger partial charge on any atom is -0.508 e. The summed E-state index contributed by atoms with van der Waals surface area (Å²) in [7, 11) is 0. The van der Waals surface area contributed by atoms with Crippen molar-refractivity contribution in [1.29, 1.82) is 0 Å². The number of carbonyl (C=O) groups is 1. The molecule has 86 valence electrons. The third kappa shape index (κ3) is 2.86. The van der Waals surface area contributed by atoms with Gasteiger partial charge in [0.2, 0.25) is 0 Å². The maximum absolute atomic E-state index is 11.9. The number of para-hydroxylation sites is 1. The summed E-state index contributed by atoms with van der Waals surface area (Å²) in [6, 6.07) is 13.6. The molecule has 0 aromatic heterocycles. The predicted molar refractivity (Wildman–Crippen MR) is 67.6 cm³/mol. The molecular formula is C14H11ClO2. The van der Waals surface area contributed by atoms with E-state index < -0.39 is 0 Å². The van der Waals surface area contributed by atoms with Gasteiger partial charge in [0.05, 0.1) is 0 Å². The van der Waals surface area contributed by atoms with Crippen molar-refractivity contribution in [3.63, 3.8) is 0 Å². The first-order valence-electron chi connectivity index (χ1n) is 5.22. The molecule has 0 spiro atoms. The van der Waals surface area contributed by atoms with Crippen LogP contribution >= 0.6 is 11.6 Å². The zero-order valence-electron chi connectivity index (χ0n) is 9.06. The summed E-state index contributed by atoms with van der Waals surface area (Å²) in [6.45, 7) is 0. The Labute approximate surface area is 104 Å². The highest BCUT2D eigenvalue weighted by Crippen LogP contribution is 2.19. The van der Waals surface area contributed by atoms with Gasteiger partial charge >= 0.3 is 0 Å². The van der Waals surface area contributed by atoms with Crippen molar-refractivity contribution in [2.24, 2.45) is 0 Å². The fraction of sp³-hybridized carbons (Fsp3) is 0.0714. The van der Waals surface area contributed by atoms with Crippen molar-refractivity contribution < 1.29 is 9.90 Å². The third-order valence-electron chi connectivity index (χ3n) is 2.49. The van der Waals surface area contributed by atoms with Gasteiger partial charge in [-0.25, -0.2) is 0 Å². The Morgan fingerprint density at radius 2 is 1.88 bits per heavy atom. The minimum absolute atomic E-state index is 0.0611. The van der Waals surface area contributed by atoms with Crippen LogP contribution < -0.4 is 0 Å². The van der Waals surface area contributed by atoms with Crippen LogP contribution in [0.5, 0.6) is 5.75 Å². The molecule has 0 heterocycles. The Morgan fingerprint density at radius 1 is 1.12 bits per heavy atom. The lowest BCUT2D eigenvalue weighted by molar-refractivity contribution is 0.0992. The van der Waals surface area contributed by atoms with E-state index in [0.717, 1.165) is 0 Å². The molecule has 0 atom stereocenters. The summed E-state index contributed by atoms with van der Waals surface area (Å²) in [5, 5.41) is 10.1. The van der Waals surface area contributed by atoms with Gasteiger partial charge in [0.1, 0.15) is 5.75 Å². The molecule has 0 aliphatic carbocycles. The van der Waals surface area contributed by atoms with Crippen molar-refractivity contribution in [2.75, 3.05) is 0 Å². The number of aromatic hydroxyl groups is 1. The largest absolute Gasteiger partial charge is 0.508 e. The molecule has 0 fully saturated rings. The van der Waals surface area contributed by atoms with E-state index in [1.54, 1.807) is 48.5 Å². The second-order valence-electron chi connectivity index (χ2n) is 3.74. The first-order valence-corrected chi connectivity index (χ1v) is 5.60. The smallest absolute Gasteiger partial charge is 0.167 e. The van der Waals surface area contributed by atoms with Gasteiger partial charge < -0.3 is 5.11 Å². The lowest BCUT2D eigenvalue weighted by Crippen LogP contribution is -2.03. The van der Waals surface area contributed by atoms with Crippen LogP contribution in [-0.2, 0) is 6.42 Å². The summed E-state index contributed by atoms with van der Waals surface area (Å²) < 4.78 is 0. The Balaban J connectivity index is 2.20. The number of benzene rings is 2. The van der Waals surface area contributed by atoms with Crippen LogP contribution in [0.4, 0.5) is 0 Å². The number of phenolic OH excluding ortho intramolecular Hbond substituents is 1. The maximum atomic E-state index is 11.9. The SMILES string of the molecule is O=C(Cc1ccccc1O)c1cccc(Cl)c1. The van der Waals surface area contributed by atoms with Crippen LogP contribution in [0, 0.1) is 0 Å². The summed E-state index contributed by atoms with van der Waals surface area (Å²) in [5.74, 6) is 0.0804. The first kappa shape index (κ1) is 11.7. The van der Waals surface area contributed by atoms with Gasteiger partial charge in [-0.3, -0.25) is 4.79 Å². The summed E-state index contributed by atoms with van der Waals surface area (Å²) in [4.78, 5) is 11.9. The molecule has 0 aliphatic rings. The number of phenols is 1. The fourth-order valence-electron chi connectivity index (χ4n) is 1.60. The highest BCUT2D eigenvalue weighted by Gasteiger charge is 2.09. The van der Waals surface area contributed by atoms with E-state index in [9.17, 15) is 9.90 Å². The van der Waals surface area contributed by atoms with Gasteiger partial charge in [-0.1, -0.05) is 41.9 Å². The Kier molecular flexibility index (Phi) is 3.45. The molecule has 0 radical (unpaired) electrons. The number of hydrogen-bond acceptors (Lipinski definition) is 2. The number of ketones is 1. The molecule has 2 rings (SSSR count). The molecule has 0 bridgehead atoms. The number of hydrogen-bond donors (Lipinski definition) is 1. The zero-order valence-corrected chi connectivity index (χ0v) is 9.82. The lowest BCUT2D eigenvalue weighted by Gasteiger charge is -2.04. The van der Waals surface area contributed by atoms with Crippen LogP contribution in [-0.4, -0.2) is 10.9 Å². The van der Waals surface area contributed by atoms with Crippen LogP contribution in [0.3, 0.4) is 0 Å². The molecule has 2 aromatic carbocycles. The normalized spacial score (nSPS) is 10.2. The number of Topliss-reactive ketones (excluding diaryl/α,β-unsaturated/α-hetero) is 1. The standard InChI is InChI=1S/C14H11ClO2/c15-12-6-3-5-10(8-12)14(17)9-11-4-1-2-7-13(11)16/h1-8,16H,9H2. The average Bonchev–Trinajstić information content (AvgIpc) is 2.32. The second kappa shape index (κ2) is 5.02. The third-order valence-corrected chi connectivity index (χ3v) is 2.72. The van der Waals surface area contributed by atoms with Gasteiger partial charge in [0.25, 0.3) is 0 Å². The molecule has 17 heavy (non-hydrogen) atoms. The molecule has 1 N–H and O–H groups in total. The van der Waals surface area contributed by atoms with Crippen LogP contribution in [0.25, 0.3) is 0 Å². The van der Waals surface area contributed by atoms with E-state index in [1.165, 1.54) is 0 Å². The van der Waals surface area contributed by atoms with Crippen molar-refractivity contribution >= 4 is 17.4 Å². The summed E-state index contributed by atoms with van der Waals surface area (Å²) >= 11 is 5.82. The molecule has 3 heteroatoms. The molecule has 0 unspecified atom stereocenters. The Hall–Kier alpha value is -1.80. The highest BCUT2D eigenvalue weighted by atomic mass is 35.5. The van der Waals surface area contributed by atoms with Crippen LogP contribution in [0.1, 0.15) is 15.9 Å². The zero-order chi connectivity index (χ0) is 12.3. The highest BCUT2D eigenvalue weighted by molar-refractivity contribution is 6.31. The van der Waals surface area contributed by atoms with E-state index in [1.807, 2.05) is 0 Å². The van der Waals surface area contributed by atoms with E-state index >= 15 is 0 Å². The molecule has 2 aromatic rings. The number of halogens is 1. The molecular weight excluding hydrogens is 236 g/mol. The maximum Gasteiger partial charge on any atom is 0.167 e. The van der Waals surface area contributed by atoms with Gasteiger partial charge in [0.15, 0.2) is 5.78 Å². The quantitative estimate of drug-likeness (QED) is 0.842. The van der Waals surface area contributed by atoms with Crippen LogP contribution in [0.15, 0.2) is 48.5 Å². The Morgan fingerprint density at radius 3 is 2.59 bits per heavy atom. The molecule has 0 saturated carbocycles. The second-order valence-corrected chi connectivity index (χ2v) is 4.18. The average molecular weight is 247 g/mol. The first-order chi connectivity index (χ1) is 8.16. The van der Waals surface area contributed by atoms with Gasteiger partial charge in [-0.15, -0.1) is 0 Å². The van der Waals surface area contributed by atoms with Gasteiger partial charge in [-0.2, -0.15) is 0 Å². The number of carbonyl (C=O) groups excluding carboxylic acids is 1. The van der Waals surface area contributed by atoms with Gasteiger partial charge in [-0.05, 0) is 18.2 Å². The molecule has 2 nitrogen and oxygen atoms in total. The summed E-state index contributed by atoms with van der Waals surface area (Å²) in [6.07, 6.45) is 0.174. The van der Waals surface area contributed by atoms with Crippen molar-refractivity contribution in [3.05, 3.63) is 64.7 Å². The molecule has 0 amide bonds. The van der Waals surface area contributed by atoms with E-state index in [4.69, 9.17) is 11.6 Å². The topological polar surface area (TPSA) is 37.3 Å². The van der Waals surface area contributed by atoms with E-state index in [-0.39, 0.29) is 18.0 Å². The van der Waals surface area contributed by atoms with Crippen LogP contribution in [0.2, 0.25) is 5.02 Å². The minimum atomic E-state index is -0.0611. The van der Waals surface area contributed by atoms with Crippen molar-refractivity contribution in [1.82, 2.24) is 0 Å². The van der Waals surface area contributed by atoms with E-state index in [2.05, 4.69) is 0 Å². The molecule has 0 aliphatic heterocycles. The Bertz CT molecular complexity index is 549. The number of rotatable bonds is 3. The van der Waals surface area contributed by atoms with E-state index in [0.29, 0.717) is 16.1 Å². The molecule has 0 saturated heterocycles. The van der Waals surface area contributed by atoms with Crippen molar-refractivity contribution in [3.8, 4) is 5.75 Å². The monoisotopic (exact) mass is 246 g/mol. The summed E-state index contributed by atoms with van der Waals surface area (Å²) in [5.41, 5.74) is 1.18. The van der Waals surface area contributed by atoms with Crippen molar-refractivity contribution in [2.45, 2.75) is 6.42 Å².